The van der Waals surface area contributed by atoms with Gasteiger partial charge >= 0.3 is 5.69 Å². The second-order valence-electron chi connectivity index (χ2n) is 4.65. The molecule has 0 aromatic heterocycles. The first-order chi connectivity index (χ1) is 11.4. The molecule has 0 saturated carbocycles. The summed E-state index contributed by atoms with van der Waals surface area (Å²) in [5.74, 6) is -1.17. The Morgan fingerprint density at radius 1 is 1.21 bits per heavy atom. The fourth-order valence-corrected chi connectivity index (χ4v) is 1.98. The summed E-state index contributed by atoms with van der Waals surface area (Å²) in [4.78, 5) is 33.1. The Hall–Kier alpha value is -3.13. The Morgan fingerprint density at radius 3 is 2.46 bits per heavy atom. The molecule has 3 N–H and O–H groups in total. The van der Waals surface area contributed by atoms with Crippen LogP contribution < -0.4 is 15.8 Å². The molecule has 0 unspecified atom stereocenters. The van der Waals surface area contributed by atoms with Crippen molar-refractivity contribution in [2.45, 2.75) is 0 Å². The standard InChI is InChI=1S/C15H12ClN3O5/c16-10-3-6-13(12(7-10)19(22)23)24-8-14(20)18-11-4-1-9(2-5-11)15(17)21/h1-7H,8H2,(H2,17,21)(H,18,20). The molecule has 124 valence electrons. The van der Waals surface area contributed by atoms with Crippen LogP contribution in [-0.4, -0.2) is 23.3 Å². The summed E-state index contributed by atoms with van der Waals surface area (Å²) < 4.78 is 5.16. The number of halogens is 1. The highest BCUT2D eigenvalue weighted by molar-refractivity contribution is 6.30. The number of hydrogen-bond acceptors (Lipinski definition) is 5. The van der Waals surface area contributed by atoms with Crippen LogP contribution in [0.4, 0.5) is 11.4 Å². The highest BCUT2D eigenvalue weighted by Gasteiger charge is 2.16. The van der Waals surface area contributed by atoms with Crippen LogP contribution in [0.15, 0.2) is 42.5 Å². The molecule has 2 aromatic rings. The monoisotopic (exact) mass is 349 g/mol. The molecule has 0 saturated heterocycles. The van der Waals surface area contributed by atoms with E-state index in [0.29, 0.717) is 11.3 Å². The number of carbonyl (C=O) groups excluding carboxylic acids is 2. The van der Waals surface area contributed by atoms with E-state index in [-0.39, 0.29) is 16.5 Å². The van der Waals surface area contributed by atoms with Crippen molar-refractivity contribution in [2.24, 2.45) is 5.73 Å². The number of anilines is 1. The lowest BCUT2D eigenvalue weighted by Gasteiger charge is -2.08. The lowest BCUT2D eigenvalue weighted by atomic mass is 10.2. The van der Waals surface area contributed by atoms with E-state index in [1.54, 1.807) is 0 Å². The van der Waals surface area contributed by atoms with Gasteiger partial charge in [0.25, 0.3) is 5.91 Å². The highest BCUT2D eigenvalue weighted by atomic mass is 35.5. The zero-order valence-corrected chi connectivity index (χ0v) is 12.9. The fraction of sp³-hybridized carbons (Fsp3) is 0.0667. The van der Waals surface area contributed by atoms with Gasteiger partial charge in [-0.1, -0.05) is 11.6 Å². The number of amides is 2. The summed E-state index contributed by atoms with van der Waals surface area (Å²) in [7, 11) is 0. The molecule has 0 spiro atoms. The van der Waals surface area contributed by atoms with Crippen LogP contribution in [0, 0.1) is 10.1 Å². The van der Waals surface area contributed by atoms with Crippen molar-refractivity contribution in [1.82, 2.24) is 0 Å². The minimum absolute atomic E-state index is 0.0661. The Kier molecular flexibility index (Phi) is 5.33. The summed E-state index contributed by atoms with van der Waals surface area (Å²) in [5.41, 5.74) is 5.52. The zero-order chi connectivity index (χ0) is 17.7. The predicted octanol–water partition coefficient (Wildman–Crippen LogP) is 2.36. The van der Waals surface area contributed by atoms with Gasteiger partial charge in [-0.2, -0.15) is 0 Å². The third kappa shape index (κ3) is 4.43. The number of ether oxygens (including phenoxy) is 1. The van der Waals surface area contributed by atoms with E-state index in [1.807, 2.05) is 0 Å². The summed E-state index contributed by atoms with van der Waals surface area (Å²) in [6.07, 6.45) is 0. The number of nitrogens with two attached hydrogens (primary N) is 1. The summed E-state index contributed by atoms with van der Waals surface area (Å²) in [6.45, 7) is -0.431. The Labute approximate surface area is 141 Å². The molecule has 0 atom stereocenters. The number of carbonyl (C=O) groups is 2. The quantitative estimate of drug-likeness (QED) is 0.611. The fourth-order valence-electron chi connectivity index (χ4n) is 1.81. The first-order valence-electron chi connectivity index (χ1n) is 6.63. The molecule has 0 aliphatic heterocycles. The van der Waals surface area contributed by atoms with E-state index in [2.05, 4.69) is 5.32 Å². The zero-order valence-electron chi connectivity index (χ0n) is 12.2. The number of hydrogen-bond donors (Lipinski definition) is 2. The van der Waals surface area contributed by atoms with Gasteiger partial charge in [0.1, 0.15) is 0 Å². The van der Waals surface area contributed by atoms with Gasteiger partial charge in [0, 0.05) is 22.3 Å². The van der Waals surface area contributed by atoms with Crippen LogP contribution in [0.2, 0.25) is 5.02 Å². The van der Waals surface area contributed by atoms with Gasteiger partial charge in [0.05, 0.1) is 4.92 Å². The molecule has 24 heavy (non-hydrogen) atoms. The maximum Gasteiger partial charge on any atom is 0.312 e. The van der Waals surface area contributed by atoms with Crippen molar-refractivity contribution in [3.05, 3.63) is 63.2 Å². The van der Waals surface area contributed by atoms with Crippen LogP contribution in [0.3, 0.4) is 0 Å². The molecule has 0 heterocycles. The maximum absolute atomic E-state index is 11.8. The minimum Gasteiger partial charge on any atom is -0.477 e. The van der Waals surface area contributed by atoms with Gasteiger partial charge in [0.2, 0.25) is 5.91 Å². The number of nitro benzene ring substituents is 1. The Bertz CT molecular complexity index is 792. The molecule has 2 amide bonds. The predicted molar refractivity (Wildman–Crippen MR) is 87.2 cm³/mol. The van der Waals surface area contributed by atoms with Gasteiger partial charge in [-0.15, -0.1) is 0 Å². The van der Waals surface area contributed by atoms with Crippen LogP contribution in [0.25, 0.3) is 0 Å². The number of primary amides is 1. The Balaban J connectivity index is 1.98. The van der Waals surface area contributed by atoms with E-state index < -0.39 is 23.3 Å². The Morgan fingerprint density at radius 2 is 1.88 bits per heavy atom. The third-order valence-electron chi connectivity index (χ3n) is 2.93. The summed E-state index contributed by atoms with van der Waals surface area (Å²) in [5, 5.41) is 13.6. The molecule has 0 aliphatic carbocycles. The van der Waals surface area contributed by atoms with Gasteiger partial charge in [-0.3, -0.25) is 19.7 Å². The number of nitro groups is 1. The van der Waals surface area contributed by atoms with Crippen LogP contribution in [0.5, 0.6) is 5.75 Å². The van der Waals surface area contributed by atoms with E-state index in [1.165, 1.54) is 36.4 Å². The molecule has 9 heteroatoms. The number of nitrogens with one attached hydrogen (secondary N) is 1. The smallest absolute Gasteiger partial charge is 0.312 e. The van der Waals surface area contributed by atoms with Crippen molar-refractivity contribution in [1.29, 1.82) is 0 Å². The van der Waals surface area contributed by atoms with E-state index in [9.17, 15) is 19.7 Å². The number of benzene rings is 2. The largest absolute Gasteiger partial charge is 0.477 e. The molecule has 0 radical (unpaired) electrons. The summed E-state index contributed by atoms with van der Waals surface area (Å²) in [6, 6.07) is 9.80. The van der Waals surface area contributed by atoms with Gasteiger partial charge in [-0.25, -0.2) is 0 Å². The molecule has 0 bridgehead atoms. The van der Waals surface area contributed by atoms with Crippen molar-refractivity contribution in [3.8, 4) is 5.75 Å². The van der Waals surface area contributed by atoms with Gasteiger partial charge in [0.15, 0.2) is 12.4 Å². The van der Waals surface area contributed by atoms with Crippen LogP contribution >= 0.6 is 11.6 Å². The first kappa shape index (κ1) is 17.2. The van der Waals surface area contributed by atoms with Crippen LogP contribution in [0.1, 0.15) is 10.4 Å². The molecule has 8 nitrogen and oxygen atoms in total. The number of rotatable bonds is 6. The van der Waals surface area contributed by atoms with Crippen molar-refractivity contribution >= 4 is 34.8 Å². The topological polar surface area (TPSA) is 125 Å². The van der Waals surface area contributed by atoms with Crippen molar-refractivity contribution in [2.75, 3.05) is 11.9 Å². The summed E-state index contributed by atoms with van der Waals surface area (Å²) >= 11 is 5.69. The lowest BCUT2D eigenvalue weighted by molar-refractivity contribution is -0.385. The average Bonchev–Trinajstić information content (AvgIpc) is 2.54. The van der Waals surface area contributed by atoms with Gasteiger partial charge < -0.3 is 15.8 Å². The third-order valence-corrected chi connectivity index (χ3v) is 3.16. The van der Waals surface area contributed by atoms with Gasteiger partial charge in [-0.05, 0) is 36.4 Å². The minimum atomic E-state index is -0.651. The number of nitrogens with zero attached hydrogens (tertiary/aromatic N) is 1. The lowest BCUT2D eigenvalue weighted by Crippen LogP contribution is -2.20. The van der Waals surface area contributed by atoms with E-state index >= 15 is 0 Å². The molecule has 2 aromatic carbocycles. The van der Waals surface area contributed by atoms with Crippen LogP contribution in [-0.2, 0) is 4.79 Å². The second kappa shape index (κ2) is 7.42. The van der Waals surface area contributed by atoms with E-state index in [4.69, 9.17) is 22.1 Å². The highest BCUT2D eigenvalue weighted by Crippen LogP contribution is 2.29. The molecular formula is C15H12ClN3O5. The van der Waals surface area contributed by atoms with E-state index in [0.717, 1.165) is 6.07 Å². The van der Waals surface area contributed by atoms with Crippen molar-refractivity contribution in [3.63, 3.8) is 0 Å². The normalized spacial score (nSPS) is 10.0. The maximum atomic E-state index is 11.8. The SMILES string of the molecule is NC(=O)c1ccc(NC(=O)COc2ccc(Cl)cc2[N+](=O)[O-])cc1. The first-order valence-corrected chi connectivity index (χ1v) is 7.01. The molecule has 2 rings (SSSR count). The van der Waals surface area contributed by atoms with Crippen molar-refractivity contribution < 1.29 is 19.2 Å². The average molecular weight is 350 g/mol. The second-order valence-corrected chi connectivity index (χ2v) is 5.08. The molecule has 0 fully saturated rings. The molecule has 0 aliphatic rings. The molecular weight excluding hydrogens is 338 g/mol.